The molecule has 1 aromatic carbocycles. The van der Waals surface area contributed by atoms with Crippen molar-refractivity contribution in [1.29, 1.82) is 0 Å². The molecule has 1 unspecified atom stereocenters. The average Bonchev–Trinajstić information content (AvgIpc) is 2.76. The van der Waals surface area contributed by atoms with Crippen molar-refractivity contribution >= 4 is 12.2 Å². The second-order valence-corrected chi connectivity index (χ2v) is 4.66. The molecule has 20 heavy (non-hydrogen) atoms. The van der Waals surface area contributed by atoms with Gasteiger partial charge in [-0.2, -0.15) is 0 Å². The summed E-state index contributed by atoms with van der Waals surface area (Å²) in [7, 11) is 1.68. The summed E-state index contributed by atoms with van der Waals surface area (Å²) in [6.07, 6.45) is -0.369. The maximum Gasteiger partial charge on any atom is 0.409 e. The first-order valence-electron chi connectivity index (χ1n) is 6.51. The van der Waals surface area contributed by atoms with Gasteiger partial charge >= 0.3 is 12.2 Å². The van der Waals surface area contributed by atoms with Crippen LogP contribution in [0.15, 0.2) is 30.3 Å². The van der Waals surface area contributed by atoms with E-state index in [-0.39, 0.29) is 18.8 Å². The van der Waals surface area contributed by atoms with Crippen LogP contribution in [0, 0.1) is 0 Å². The van der Waals surface area contributed by atoms with Crippen molar-refractivity contribution in [2.75, 3.05) is 20.1 Å². The molecule has 1 aromatic rings. The normalized spacial score (nSPS) is 17.8. The first kappa shape index (κ1) is 14.2. The molecule has 0 bridgehead atoms. The number of likely N-dealkylation sites (N-methyl/N-ethyl adjacent to an activating group) is 1. The van der Waals surface area contributed by atoms with Gasteiger partial charge in [-0.1, -0.05) is 30.3 Å². The van der Waals surface area contributed by atoms with E-state index in [1.54, 1.807) is 7.05 Å². The Hall–Kier alpha value is -2.24. The number of nitrogens with zero attached hydrogens (tertiary/aromatic N) is 1. The third-order valence-corrected chi connectivity index (χ3v) is 3.01. The van der Waals surface area contributed by atoms with Crippen LogP contribution in [0.5, 0.6) is 0 Å². The minimum atomic E-state index is -0.466. The highest BCUT2D eigenvalue weighted by atomic mass is 16.6. The fourth-order valence-electron chi connectivity index (χ4n) is 1.91. The van der Waals surface area contributed by atoms with Gasteiger partial charge < -0.3 is 19.7 Å². The highest BCUT2D eigenvalue weighted by Gasteiger charge is 2.27. The van der Waals surface area contributed by atoms with Crippen LogP contribution in [0.4, 0.5) is 9.59 Å². The van der Waals surface area contributed by atoms with Crippen LogP contribution in [-0.4, -0.2) is 43.3 Å². The highest BCUT2D eigenvalue weighted by molar-refractivity contribution is 5.69. The van der Waals surface area contributed by atoms with Crippen molar-refractivity contribution in [3.05, 3.63) is 35.9 Å². The first-order valence-corrected chi connectivity index (χ1v) is 6.51. The van der Waals surface area contributed by atoms with Crippen molar-refractivity contribution in [3.63, 3.8) is 0 Å². The third-order valence-electron chi connectivity index (χ3n) is 3.01. The molecule has 0 saturated carbocycles. The topological polar surface area (TPSA) is 67.9 Å². The molecule has 0 aliphatic carbocycles. The number of alkyl carbamates (subject to hydrolysis) is 1. The summed E-state index contributed by atoms with van der Waals surface area (Å²) in [5.41, 5.74) is 0.939. The molecular weight excluding hydrogens is 260 g/mol. The van der Waals surface area contributed by atoms with E-state index in [4.69, 9.17) is 9.47 Å². The number of hydrogen-bond acceptors (Lipinski definition) is 4. The van der Waals surface area contributed by atoms with Gasteiger partial charge in [0.15, 0.2) is 0 Å². The number of amides is 2. The quantitative estimate of drug-likeness (QED) is 0.891. The van der Waals surface area contributed by atoms with Gasteiger partial charge in [0, 0.05) is 20.0 Å². The number of carbonyl (C=O) groups is 2. The Morgan fingerprint density at radius 1 is 1.45 bits per heavy atom. The molecule has 2 rings (SSSR count). The zero-order valence-electron chi connectivity index (χ0n) is 11.4. The van der Waals surface area contributed by atoms with E-state index in [0.29, 0.717) is 19.5 Å². The summed E-state index contributed by atoms with van der Waals surface area (Å²) >= 11 is 0. The van der Waals surface area contributed by atoms with Crippen LogP contribution in [0.2, 0.25) is 0 Å². The Morgan fingerprint density at radius 3 is 2.85 bits per heavy atom. The van der Waals surface area contributed by atoms with Gasteiger partial charge in [0.05, 0.1) is 6.54 Å². The minimum absolute atomic E-state index is 0.165. The second-order valence-electron chi connectivity index (χ2n) is 4.66. The SMILES string of the molecule is CN1CC(CCNC(=O)OCc2ccccc2)OC1=O. The standard InChI is InChI=1S/C14H18N2O4/c1-16-9-12(20-14(16)18)7-8-15-13(17)19-10-11-5-3-2-4-6-11/h2-6,12H,7-10H2,1H3,(H,15,17). The van der Waals surface area contributed by atoms with E-state index in [2.05, 4.69) is 5.32 Å². The maximum absolute atomic E-state index is 11.5. The molecule has 108 valence electrons. The lowest BCUT2D eigenvalue weighted by Gasteiger charge is -2.09. The van der Waals surface area contributed by atoms with Crippen molar-refractivity contribution in [1.82, 2.24) is 10.2 Å². The number of nitrogens with one attached hydrogen (secondary N) is 1. The fraction of sp³-hybridized carbons (Fsp3) is 0.429. The second kappa shape index (κ2) is 6.79. The van der Waals surface area contributed by atoms with E-state index >= 15 is 0 Å². The molecule has 1 aliphatic rings. The van der Waals surface area contributed by atoms with Gasteiger partial charge in [0.1, 0.15) is 12.7 Å². The van der Waals surface area contributed by atoms with Crippen molar-refractivity contribution in [2.24, 2.45) is 0 Å². The molecule has 1 atom stereocenters. The van der Waals surface area contributed by atoms with Crippen LogP contribution in [0.3, 0.4) is 0 Å². The number of carbonyl (C=O) groups excluding carboxylic acids is 2. The van der Waals surface area contributed by atoms with Gasteiger partial charge in [-0.3, -0.25) is 0 Å². The molecule has 1 saturated heterocycles. The Balaban J connectivity index is 1.60. The highest BCUT2D eigenvalue weighted by Crippen LogP contribution is 2.11. The van der Waals surface area contributed by atoms with Gasteiger partial charge in [-0.05, 0) is 5.56 Å². The smallest absolute Gasteiger partial charge is 0.409 e. The predicted molar refractivity (Wildman–Crippen MR) is 72.1 cm³/mol. The minimum Gasteiger partial charge on any atom is -0.445 e. The molecule has 2 amide bonds. The monoisotopic (exact) mass is 278 g/mol. The van der Waals surface area contributed by atoms with Gasteiger partial charge in [-0.25, -0.2) is 9.59 Å². The maximum atomic E-state index is 11.5. The van der Waals surface area contributed by atoms with E-state index in [1.165, 1.54) is 4.90 Å². The molecule has 1 N–H and O–H groups in total. The van der Waals surface area contributed by atoms with E-state index in [0.717, 1.165) is 5.56 Å². The lowest BCUT2D eigenvalue weighted by atomic mass is 10.2. The third kappa shape index (κ3) is 4.15. The van der Waals surface area contributed by atoms with Crippen LogP contribution in [0.25, 0.3) is 0 Å². The van der Waals surface area contributed by atoms with Crippen molar-refractivity contribution in [3.8, 4) is 0 Å². The number of benzene rings is 1. The van der Waals surface area contributed by atoms with Gasteiger partial charge in [-0.15, -0.1) is 0 Å². The number of hydrogen-bond donors (Lipinski definition) is 1. The predicted octanol–water partition coefficient (Wildman–Crippen LogP) is 1.75. The van der Waals surface area contributed by atoms with Crippen LogP contribution >= 0.6 is 0 Å². The summed E-state index contributed by atoms with van der Waals surface area (Å²) in [5, 5.41) is 2.64. The molecule has 0 radical (unpaired) electrons. The van der Waals surface area contributed by atoms with Crippen LogP contribution in [0.1, 0.15) is 12.0 Å². The van der Waals surface area contributed by atoms with Gasteiger partial charge in [0.25, 0.3) is 0 Å². The van der Waals surface area contributed by atoms with E-state index in [1.807, 2.05) is 30.3 Å². The van der Waals surface area contributed by atoms with Gasteiger partial charge in [0.2, 0.25) is 0 Å². The molecule has 6 heteroatoms. The summed E-state index contributed by atoms with van der Waals surface area (Å²) in [4.78, 5) is 24.1. The first-order chi connectivity index (χ1) is 9.65. The zero-order valence-corrected chi connectivity index (χ0v) is 11.4. The average molecular weight is 278 g/mol. The number of ether oxygens (including phenoxy) is 2. The fourth-order valence-corrected chi connectivity index (χ4v) is 1.91. The Kier molecular flexibility index (Phi) is 4.81. The Labute approximate surface area is 117 Å². The largest absolute Gasteiger partial charge is 0.445 e. The molecule has 1 fully saturated rings. The molecule has 0 spiro atoms. The summed E-state index contributed by atoms with van der Waals surface area (Å²) in [5.74, 6) is 0. The lowest BCUT2D eigenvalue weighted by Crippen LogP contribution is -2.28. The molecule has 6 nitrogen and oxygen atoms in total. The summed E-state index contributed by atoms with van der Waals surface area (Å²) < 4.78 is 10.1. The van der Waals surface area contributed by atoms with Crippen LogP contribution < -0.4 is 5.32 Å². The summed E-state index contributed by atoms with van der Waals surface area (Å²) in [6, 6.07) is 9.47. The van der Waals surface area contributed by atoms with Crippen molar-refractivity contribution in [2.45, 2.75) is 19.1 Å². The molecule has 1 aliphatic heterocycles. The molecule has 0 aromatic heterocycles. The Morgan fingerprint density at radius 2 is 2.20 bits per heavy atom. The Bertz CT molecular complexity index is 464. The number of cyclic esters (lactones) is 1. The summed E-state index contributed by atoms with van der Waals surface area (Å²) in [6.45, 7) is 1.22. The van der Waals surface area contributed by atoms with E-state index in [9.17, 15) is 9.59 Å². The van der Waals surface area contributed by atoms with Crippen molar-refractivity contribution < 1.29 is 19.1 Å². The van der Waals surface area contributed by atoms with Crippen LogP contribution in [-0.2, 0) is 16.1 Å². The zero-order chi connectivity index (χ0) is 14.4. The number of rotatable bonds is 5. The van der Waals surface area contributed by atoms with E-state index < -0.39 is 6.09 Å². The molecular formula is C14H18N2O4. The lowest BCUT2D eigenvalue weighted by molar-refractivity contribution is 0.125. The molecule has 1 heterocycles.